The van der Waals surface area contributed by atoms with Crippen LogP contribution in [0.4, 0.5) is 0 Å². The van der Waals surface area contributed by atoms with Crippen molar-refractivity contribution in [2.24, 2.45) is 71.0 Å². The topological polar surface area (TPSA) is 61.8 Å². The van der Waals surface area contributed by atoms with Gasteiger partial charge in [0.2, 0.25) is 0 Å². The van der Waals surface area contributed by atoms with Crippen LogP contribution in [0.25, 0.3) is 0 Å². The Labute approximate surface area is 215 Å². The lowest BCUT2D eigenvalue weighted by Crippen LogP contribution is -2.42. The van der Waals surface area contributed by atoms with Gasteiger partial charge in [0.05, 0.1) is 18.4 Å². The minimum atomic E-state index is -0.0416. The van der Waals surface area contributed by atoms with Crippen molar-refractivity contribution in [1.29, 1.82) is 0 Å². The molecule has 12 atom stereocenters. The van der Waals surface area contributed by atoms with E-state index < -0.39 is 0 Å². The van der Waals surface area contributed by atoms with Crippen molar-refractivity contribution in [2.75, 3.05) is 25.4 Å². The second kappa shape index (κ2) is 9.85. The summed E-state index contributed by atoms with van der Waals surface area (Å²) in [7, 11) is 0. The Kier molecular flexibility index (Phi) is 6.92. The molecule has 0 spiro atoms. The Morgan fingerprint density at radius 3 is 2.43 bits per heavy atom. The lowest BCUT2D eigenvalue weighted by atomic mass is 9.66. The first-order valence-corrected chi connectivity index (χ1v) is 15.8. The summed E-state index contributed by atoms with van der Waals surface area (Å²) in [6.45, 7) is 5.10. The van der Waals surface area contributed by atoms with E-state index in [0.717, 1.165) is 49.4 Å². The SMILES string of the molecule is CSCC(C(=O)OC1CC2CC1C1C3CC(CC3C(=O)OCOCC3CC4CCC3C4)C21)C(C)C. The minimum absolute atomic E-state index is 0.00445. The van der Waals surface area contributed by atoms with Crippen LogP contribution in [-0.4, -0.2) is 43.5 Å². The van der Waals surface area contributed by atoms with Gasteiger partial charge in [0, 0.05) is 5.75 Å². The molecule has 6 aliphatic rings. The fourth-order valence-electron chi connectivity index (χ4n) is 9.88. The lowest BCUT2D eigenvalue weighted by molar-refractivity contribution is -0.169. The third-order valence-electron chi connectivity index (χ3n) is 11.3. The number of rotatable bonds is 10. The van der Waals surface area contributed by atoms with Gasteiger partial charge in [-0.1, -0.05) is 20.3 Å². The smallest absolute Gasteiger partial charge is 0.311 e. The summed E-state index contributed by atoms with van der Waals surface area (Å²) in [4.78, 5) is 26.1. The molecule has 0 heterocycles. The number of esters is 2. The van der Waals surface area contributed by atoms with Crippen LogP contribution in [0.5, 0.6) is 0 Å². The Hall–Kier alpha value is -0.750. The van der Waals surface area contributed by atoms with E-state index in [9.17, 15) is 9.59 Å². The van der Waals surface area contributed by atoms with Gasteiger partial charge >= 0.3 is 11.9 Å². The Balaban J connectivity index is 1.01. The molecule has 35 heavy (non-hydrogen) atoms. The number of carbonyl (C=O) groups is 2. The van der Waals surface area contributed by atoms with E-state index in [1.165, 1.54) is 32.1 Å². The molecule has 12 unspecified atom stereocenters. The Bertz CT molecular complexity index is 815. The van der Waals surface area contributed by atoms with E-state index >= 15 is 0 Å². The monoisotopic (exact) mass is 504 g/mol. The van der Waals surface area contributed by atoms with Gasteiger partial charge < -0.3 is 14.2 Å². The number of carbonyl (C=O) groups excluding carboxylic acids is 2. The van der Waals surface area contributed by atoms with Crippen molar-refractivity contribution < 1.29 is 23.8 Å². The normalized spacial score (nSPS) is 45.3. The molecule has 6 heteroatoms. The third-order valence-corrected chi connectivity index (χ3v) is 12.0. The van der Waals surface area contributed by atoms with Crippen molar-refractivity contribution in [3.05, 3.63) is 0 Å². The second-order valence-corrected chi connectivity index (χ2v) is 14.1. The number of fused-ring (bicyclic) bond motifs is 11. The Morgan fingerprint density at radius 1 is 0.914 bits per heavy atom. The van der Waals surface area contributed by atoms with Gasteiger partial charge in [-0.05, 0) is 110 Å². The number of hydrogen-bond donors (Lipinski definition) is 0. The molecule has 6 aliphatic carbocycles. The fraction of sp³-hybridized carbons (Fsp3) is 0.931. The van der Waals surface area contributed by atoms with Crippen molar-refractivity contribution in [3.63, 3.8) is 0 Å². The molecular weight excluding hydrogens is 460 g/mol. The highest BCUT2D eigenvalue weighted by molar-refractivity contribution is 7.98. The van der Waals surface area contributed by atoms with E-state index in [-0.39, 0.29) is 36.7 Å². The highest BCUT2D eigenvalue weighted by Crippen LogP contribution is 2.69. The summed E-state index contributed by atoms with van der Waals surface area (Å²) >= 11 is 1.72. The van der Waals surface area contributed by atoms with Crippen LogP contribution < -0.4 is 0 Å². The molecule has 0 amide bonds. The molecule has 0 saturated heterocycles. The van der Waals surface area contributed by atoms with Gasteiger partial charge in [-0.3, -0.25) is 9.59 Å². The molecule has 0 aliphatic heterocycles. The molecule has 0 radical (unpaired) electrons. The predicted octanol–water partition coefficient (Wildman–Crippen LogP) is 5.42. The van der Waals surface area contributed by atoms with Gasteiger partial charge in [-0.2, -0.15) is 11.8 Å². The maximum Gasteiger partial charge on any atom is 0.311 e. The van der Waals surface area contributed by atoms with Crippen LogP contribution in [-0.2, 0) is 23.8 Å². The summed E-state index contributed by atoms with van der Waals surface area (Å²) in [6.07, 6.45) is 11.9. The highest BCUT2D eigenvalue weighted by Gasteiger charge is 2.66. The Morgan fingerprint density at radius 2 is 1.71 bits per heavy atom. The molecule has 6 saturated carbocycles. The van der Waals surface area contributed by atoms with Crippen LogP contribution in [0.2, 0.25) is 0 Å². The summed E-state index contributed by atoms with van der Waals surface area (Å²) in [6, 6.07) is 0. The summed E-state index contributed by atoms with van der Waals surface area (Å²) in [5.41, 5.74) is 0. The lowest BCUT2D eigenvalue weighted by Gasteiger charge is -2.40. The zero-order valence-corrected chi connectivity index (χ0v) is 22.5. The van der Waals surface area contributed by atoms with Gasteiger partial charge in [0.15, 0.2) is 6.79 Å². The quantitative estimate of drug-likeness (QED) is 0.171. The van der Waals surface area contributed by atoms with Crippen LogP contribution >= 0.6 is 11.8 Å². The third kappa shape index (κ3) is 4.36. The average Bonchev–Trinajstić information content (AvgIpc) is 3.66. The largest absolute Gasteiger partial charge is 0.462 e. The van der Waals surface area contributed by atoms with E-state index in [1.54, 1.807) is 11.8 Å². The summed E-state index contributed by atoms with van der Waals surface area (Å²) in [5.74, 6) is 6.97. The maximum atomic E-state index is 13.1. The van der Waals surface area contributed by atoms with E-state index in [4.69, 9.17) is 14.2 Å². The molecule has 196 valence electrons. The van der Waals surface area contributed by atoms with Crippen molar-refractivity contribution in [2.45, 2.75) is 71.3 Å². The van der Waals surface area contributed by atoms with Crippen LogP contribution in [0.3, 0.4) is 0 Å². The number of thioether (sulfide) groups is 1. The zero-order chi connectivity index (χ0) is 24.3. The summed E-state index contributed by atoms with van der Waals surface area (Å²) in [5, 5.41) is 0. The summed E-state index contributed by atoms with van der Waals surface area (Å²) < 4.78 is 17.7. The molecule has 0 aromatic heterocycles. The molecule has 0 N–H and O–H groups in total. The number of hydrogen-bond acceptors (Lipinski definition) is 6. The first-order valence-electron chi connectivity index (χ1n) is 14.4. The van der Waals surface area contributed by atoms with Crippen molar-refractivity contribution >= 4 is 23.7 Å². The molecule has 6 rings (SSSR count). The van der Waals surface area contributed by atoms with E-state index in [1.807, 2.05) is 0 Å². The minimum Gasteiger partial charge on any atom is -0.462 e. The first-order chi connectivity index (χ1) is 16.9. The van der Waals surface area contributed by atoms with Gasteiger partial charge in [-0.25, -0.2) is 0 Å². The first kappa shape index (κ1) is 24.6. The van der Waals surface area contributed by atoms with Crippen molar-refractivity contribution in [1.82, 2.24) is 0 Å². The van der Waals surface area contributed by atoms with Gasteiger partial charge in [-0.15, -0.1) is 0 Å². The molecule has 0 aromatic carbocycles. The molecule has 6 fully saturated rings. The fourth-order valence-corrected chi connectivity index (χ4v) is 10.8. The second-order valence-electron chi connectivity index (χ2n) is 13.2. The average molecular weight is 505 g/mol. The van der Waals surface area contributed by atoms with Crippen LogP contribution in [0, 0.1) is 71.0 Å². The van der Waals surface area contributed by atoms with Gasteiger partial charge in [0.25, 0.3) is 0 Å². The van der Waals surface area contributed by atoms with E-state index in [2.05, 4.69) is 20.1 Å². The molecule has 0 aromatic rings. The highest BCUT2D eigenvalue weighted by atomic mass is 32.2. The van der Waals surface area contributed by atoms with Crippen molar-refractivity contribution in [3.8, 4) is 0 Å². The molecule has 5 nitrogen and oxygen atoms in total. The standard InChI is InChI=1S/C29H44O5S/c1-15(2)24(13-35-3)29(31)34-25-11-19-10-23(25)27-21-8-18(26(19)27)9-22(21)28(30)33-14-32-12-20-7-16-4-5-17(20)6-16/h15-27H,4-14H2,1-3H3. The number of ether oxygens (including phenoxy) is 3. The maximum absolute atomic E-state index is 13.1. The van der Waals surface area contributed by atoms with Crippen LogP contribution in [0.15, 0.2) is 0 Å². The van der Waals surface area contributed by atoms with Crippen LogP contribution in [0.1, 0.15) is 65.2 Å². The van der Waals surface area contributed by atoms with E-state index in [0.29, 0.717) is 41.4 Å². The molecule has 6 bridgehead atoms. The van der Waals surface area contributed by atoms with Gasteiger partial charge in [0.1, 0.15) is 6.10 Å². The molecular formula is C29H44O5S. The predicted molar refractivity (Wildman–Crippen MR) is 135 cm³/mol. The zero-order valence-electron chi connectivity index (χ0n) is 21.7.